The molecule has 1 aliphatic heterocycles. The van der Waals surface area contributed by atoms with Gasteiger partial charge in [-0.25, -0.2) is 4.39 Å². The monoisotopic (exact) mass is 316 g/mol. The summed E-state index contributed by atoms with van der Waals surface area (Å²) in [4.78, 5) is 0. The average Bonchev–Trinajstić information content (AvgIpc) is 2.33. The highest BCUT2D eigenvalue weighted by Crippen LogP contribution is 2.33. The van der Waals surface area contributed by atoms with Crippen LogP contribution in [0.1, 0.15) is 38.7 Å². The van der Waals surface area contributed by atoms with Gasteiger partial charge in [-0.2, -0.15) is 0 Å². The lowest BCUT2D eigenvalue weighted by Crippen LogP contribution is -2.33. The zero-order chi connectivity index (χ0) is 13.2. The topological polar surface area (TPSA) is 18.5 Å². The zero-order valence-corrected chi connectivity index (χ0v) is 12.3. The lowest BCUT2D eigenvalue weighted by atomic mass is 9.97. The van der Waals surface area contributed by atoms with E-state index in [9.17, 15) is 4.39 Å². The van der Waals surface area contributed by atoms with E-state index in [4.69, 9.17) is 9.47 Å². The quantitative estimate of drug-likeness (QED) is 0.824. The van der Waals surface area contributed by atoms with Crippen molar-refractivity contribution in [3.8, 4) is 0 Å². The maximum Gasteiger partial charge on any atom is 0.158 e. The Hall–Kier alpha value is -0.450. The van der Waals surface area contributed by atoms with E-state index in [2.05, 4.69) is 15.9 Å². The summed E-state index contributed by atoms with van der Waals surface area (Å²) >= 11 is 3.20. The molecule has 18 heavy (non-hydrogen) atoms. The molecule has 0 saturated carbocycles. The van der Waals surface area contributed by atoms with Crippen LogP contribution in [-0.2, 0) is 15.1 Å². The van der Waals surface area contributed by atoms with E-state index in [1.165, 1.54) is 0 Å². The molecule has 1 heterocycles. The van der Waals surface area contributed by atoms with Crippen LogP contribution < -0.4 is 0 Å². The first-order chi connectivity index (χ1) is 8.50. The first kappa shape index (κ1) is 14.0. The predicted molar refractivity (Wildman–Crippen MR) is 71.8 cm³/mol. The molecule has 100 valence electrons. The van der Waals surface area contributed by atoms with Crippen molar-refractivity contribution in [1.82, 2.24) is 0 Å². The van der Waals surface area contributed by atoms with Crippen LogP contribution in [0, 0.1) is 5.82 Å². The molecular formula is C14H18BrFO2. The highest BCUT2D eigenvalue weighted by atomic mass is 79.9. The second-order valence-corrected chi connectivity index (χ2v) is 5.88. The Morgan fingerprint density at radius 1 is 1.39 bits per heavy atom. The summed E-state index contributed by atoms with van der Waals surface area (Å²) < 4.78 is 26.0. The Morgan fingerprint density at radius 2 is 2.17 bits per heavy atom. The van der Waals surface area contributed by atoms with Gasteiger partial charge in [0.2, 0.25) is 0 Å². The van der Waals surface area contributed by atoms with Crippen molar-refractivity contribution in [2.75, 3.05) is 6.61 Å². The van der Waals surface area contributed by atoms with E-state index < -0.39 is 5.60 Å². The first-order valence-corrected chi connectivity index (χ1v) is 7.04. The summed E-state index contributed by atoms with van der Waals surface area (Å²) in [5.74, 6) is -0.265. The summed E-state index contributed by atoms with van der Waals surface area (Å²) in [6.07, 6.45) is 2.82. The Morgan fingerprint density at radius 3 is 2.83 bits per heavy atom. The minimum atomic E-state index is -0.699. The van der Waals surface area contributed by atoms with Gasteiger partial charge in [0.05, 0.1) is 10.1 Å². The van der Waals surface area contributed by atoms with Crippen molar-refractivity contribution >= 4 is 15.9 Å². The second kappa shape index (κ2) is 5.68. The Labute approximate surface area is 116 Å². The van der Waals surface area contributed by atoms with Gasteiger partial charge in [-0.3, -0.25) is 0 Å². The molecule has 0 aliphatic carbocycles. The summed E-state index contributed by atoms with van der Waals surface area (Å²) in [5, 5.41) is 0. The molecule has 1 atom stereocenters. The molecule has 1 fully saturated rings. The van der Waals surface area contributed by atoms with Crippen LogP contribution in [0.2, 0.25) is 0 Å². The van der Waals surface area contributed by atoms with Crippen LogP contribution in [0.4, 0.5) is 4.39 Å². The zero-order valence-electron chi connectivity index (χ0n) is 10.7. The molecule has 2 nitrogen and oxygen atoms in total. The van der Waals surface area contributed by atoms with E-state index in [0.717, 1.165) is 25.9 Å². The SMILES string of the molecule is CC(C)(OC1CCCCO1)c1cccc(Br)c1F. The molecule has 0 amide bonds. The van der Waals surface area contributed by atoms with Gasteiger partial charge in [0.25, 0.3) is 0 Å². The fourth-order valence-corrected chi connectivity index (χ4v) is 2.53. The molecule has 0 radical (unpaired) electrons. The number of halogens is 2. The molecule has 1 unspecified atom stereocenters. The molecule has 0 aromatic heterocycles. The maximum absolute atomic E-state index is 14.1. The second-order valence-electron chi connectivity index (χ2n) is 5.03. The Balaban J connectivity index is 2.16. The summed E-state index contributed by atoms with van der Waals surface area (Å²) in [7, 11) is 0. The lowest BCUT2D eigenvalue weighted by Gasteiger charge is -2.33. The van der Waals surface area contributed by atoms with Gasteiger partial charge >= 0.3 is 0 Å². The number of hydrogen-bond acceptors (Lipinski definition) is 2. The van der Waals surface area contributed by atoms with Crippen LogP contribution in [0.15, 0.2) is 22.7 Å². The largest absolute Gasteiger partial charge is 0.353 e. The van der Waals surface area contributed by atoms with Crippen LogP contribution in [0.5, 0.6) is 0 Å². The molecule has 1 aromatic rings. The number of rotatable bonds is 3. The summed E-state index contributed by atoms with van der Waals surface area (Å²) in [6.45, 7) is 4.47. The highest BCUT2D eigenvalue weighted by Gasteiger charge is 2.30. The lowest BCUT2D eigenvalue weighted by molar-refractivity contribution is -0.219. The van der Waals surface area contributed by atoms with E-state index in [-0.39, 0.29) is 12.1 Å². The van der Waals surface area contributed by atoms with Gasteiger partial charge in [-0.1, -0.05) is 12.1 Å². The molecule has 1 saturated heterocycles. The minimum Gasteiger partial charge on any atom is -0.353 e. The molecule has 0 N–H and O–H groups in total. The summed E-state index contributed by atoms with van der Waals surface area (Å²) in [6, 6.07) is 5.25. The van der Waals surface area contributed by atoms with Crippen molar-refractivity contribution in [2.24, 2.45) is 0 Å². The third-order valence-electron chi connectivity index (χ3n) is 3.16. The first-order valence-electron chi connectivity index (χ1n) is 6.24. The Bertz CT molecular complexity index is 414. The van der Waals surface area contributed by atoms with Crippen LogP contribution in [0.25, 0.3) is 0 Å². The number of hydrogen-bond donors (Lipinski definition) is 0. The molecule has 1 aliphatic rings. The van der Waals surface area contributed by atoms with Crippen LogP contribution in [0.3, 0.4) is 0 Å². The Kier molecular flexibility index (Phi) is 4.41. The van der Waals surface area contributed by atoms with Gasteiger partial charge in [0.1, 0.15) is 5.82 Å². The molecule has 1 aromatic carbocycles. The van der Waals surface area contributed by atoms with Crippen molar-refractivity contribution in [2.45, 2.75) is 45.0 Å². The molecule has 4 heteroatoms. The maximum atomic E-state index is 14.1. The molecular weight excluding hydrogens is 299 g/mol. The van der Waals surface area contributed by atoms with Crippen molar-refractivity contribution < 1.29 is 13.9 Å². The molecule has 2 rings (SSSR count). The van der Waals surface area contributed by atoms with E-state index in [1.54, 1.807) is 12.1 Å². The van der Waals surface area contributed by atoms with Gasteiger partial charge < -0.3 is 9.47 Å². The number of benzene rings is 1. The molecule has 0 spiro atoms. The third kappa shape index (κ3) is 3.11. The fourth-order valence-electron chi connectivity index (χ4n) is 2.17. The van der Waals surface area contributed by atoms with Crippen molar-refractivity contribution in [1.29, 1.82) is 0 Å². The minimum absolute atomic E-state index is 0.230. The number of ether oxygens (including phenoxy) is 2. The standard InChI is InChI=1S/C14H18BrFO2/c1-14(2,18-12-8-3-4-9-17-12)10-6-5-7-11(15)13(10)16/h5-7,12H,3-4,8-9H2,1-2H3. The van der Waals surface area contributed by atoms with E-state index in [0.29, 0.717) is 10.0 Å². The van der Waals surface area contributed by atoms with Gasteiger partial charge in [0, 0.05) is 12.2 Å². The third-order valence-corrected chi connectivity index (χ3v) is 3.78. The molecule has 0 bridgehead atoms. The fraction of sp³-hybridized carbons (Fsp3) is 0.571. The highest BCUT2D eigenvalue weighted by molar-refractivity contribution is 9.10. The van der Waals surface area contributed by atoms with Gasteiger partial charge in [0.15, 0.2) is 6.29 Å². The van der Waals surface area contributed by atoms with E-state index in [1.807, 2.05) is 19.9 Å². The van der Waals surface area contributed by atoms with Crippen molar-refractivity contribution in [3.05, 3.63) is 34.1 Å². The van der Waals surface area contributed by atoms with Gasteiger partial charge in [-0.05, 0) is 55.1 Å². The normalized spacial score (nSPS) is 21.0. The average molecular weight is 317 g/mol. The predicted octanol–water partition coefficient (Wildman–Crippen LogP) is 4.37. The summed E-state index contributed by atoms with van der Waals surface area (Å²) in [5.41, 5.74) is -0.151. The van der Waals surface area contributed by atoms with Gasteiger partial charge in [-0.15, -0.1) is 0 Å². The van der Waals surface area contributed by atoms with Crippen LogP contribution >= 0.6 is 15.9 Å². The van der Waals surface area contributed by atoms with E-state index >= 15 is 0 Å². The van der Waals surface area contributed by atoms with Crippen LogP contribution in [-0.4, -0.2) is 12.9 Å². The smallest absolute Gasteiger partial charge is 0.158 e. The van der Waals surface area contributed by atoms with Crippen molar-refractivity contribution in [3.63, 3.8) is 0 Å².